The lowest BCUT2D eigenvalue weighted by atomic mass is 10.2. The van der Waals surface area contributed by atoms with E-state index in [1.807, 2.05) is 25.1 Å². The SMILES string of the molecule is CCCNc1ccc(NS(=O)(=O)c2ccc(C)cc2C)cc1. The van der Waals surface area contributed by atoms with Gasteiger partial charge in [-0.15, -0.1) is 0 Å². The van der Waals surface area contributed by atoms with Crippen LogP contribution >= 0.6 is 0 Å². The lowest BCUT2D eigenvalue weighted by Crippen LogP contribution is -2.14. The van der Waals surface area contributed by atoms with Crippen LogP contribution in [0.25, 0.3) is 0 Å². The van der Waals surface area contributed by atoms with Crippen molar-refractivity contribution in [3.05, 3.63) is 53.6 Å². The fourth-order valence-electron chi connectivity index (χ4n) is 2.24. The third-order valence-electron chi connectivity index (χ3n) is 3.34. The molecule has 118 valence electrons. The molecule has 0 saturated heterocycles. The minimum Gasteiger partial charge on any atom is -0.385 e. The van der Waals surface area contributed by atoms with Gasteiger partial charge in [-0.1, -0.05) is 24.6 Å². The molecule has 0 aliphatic heterocycles. The Bertz CT molecular complexity index is 738. The van der Waals surface area contributed by atoms with Gasteiger partial charge in [-0.05, 0) is 56.2 Å². The van der Waals surface area contributed by atoms with Crippen molar-refractivity contribution in [3.63, 3.8) is 0 Å². The van der Waals surface area contributed by atoms with Crippen molar-refractivity contribution in [3.8, 4) is 0 Å². The Morgan fingerprint density at radius 2 is 1.59 bits per heavy atom. The average molecular weight is 318 g/mol. The van der Waals surface area contributed by atoms with E-state index in [1.165, 1.54) is 0 Å². The zero-order valence-electron chi connectivity index (χ0n) is 13.2. The van der Waals surface area contributed by atoms with Crippen molar-refractivity contribution in [1.29, 1.82) is 0 Å². The van der Waals surface area contributed by atoms with E-state index >= 15 is 0 Å². The molecule has 0 amide bonds. The molecule has 0 aromatic heterocycles. The smallest absolute Gasteiger partial charge is 0.262 e. The summed E-state index contributed by atoms with van der Waals surface area (Å²) in [6, 6.07) is 12.6. The van der Waals surface area contributed by atoms with Gasteiger partial charge < -0.3 is 5.32 Å². The standard InChI is InChI=1S/C17H22N2O2S/c1-4-11-18-15-6-8-16(9-7-15)19-22(20,21)17-10-5-13(2)12-14(17)3/h5-10,12,18-19H,4,11H2,1-3H3. The minimum absolute atomic E-state index is 0.311. The quantitative estimate of drug-likeness (QED) is 0.848. The van der Waals surface area contributed by atoms with Crippen LogP contribution in [-0.4, -0.2) is 15.0 Å². The summed E-state index contributed by atoms with van der Waals surface area (Å²) in [5, 5.41) is 3.25. The first-order valence-electron chi connectivity index (χ1n) is 7.36. The topological polar surface area (TPSA) is 58.2 Å². The van der Waals surface area contributed by atoms with Gasteiger partial charge in [0.2, 0.25) is 0 Å². The van der Waals surface area contributed by atoms with Crippen LogP contribution in [0.3, 0.4) is 0 Å². The van der Waals surface area contributed by atoms with Crippen LogP contribution in [0.4, 0.5) is 11.4 Å². The van der Waals surface area contributed by atoms with Crippen LogP contribution in [0, 0.1) is 13.8 Å². The van der Waals surface area contributed by atoms with E-state index in [1.54, 1.807) is 31.2 Å². The Kier molecular flexibility index (Phi) is 5.08. The highest BCUT2D eigenvalue weighted by molar-refractivity contribution is 7.92. The van der Waals surface area contributed by atoms with E-state index in [4.69, 9.17) is 0 Å². The van der Waals surface area contributed by atoms with Crippen LogP contribution in [0.1, 0.15) is 24.5 Å². The van der Waals surface area contributed by atoms with Gasteiger partial charge >= 0.3 is 0 Å². The molecule has 2 rings (SSSR count). The first kappa shape index (κ1) is 16.4. The summed E-state index contributed by atoms with van der Waals surface area (Å²) in [5.41, 5.74) is 3.33. The number of nitrogens with one attached hydrogen (secondary N) is 2. The summed E-state index contributed by atoms with van der Waals surface area (Å²) < 4.78 is 27.6. The summed E-state index contributed by atoms with van der Waals surface area (Å²) in [4.78, 5) is 0.311. The number of hydrogen-bond donors (Lipinski definition) is 2. The lowest BCUT2D eigenvalue weighted by Gasteiger charge is -2.12. The number of sulfonamides is 1. The van der Waals surface area contributed by atoms with E-state index in [2.05, 4.69) is 17.0 Å². The molecular weight excluding hydrogens is 296 g/mol. The number of rotatable bonds is 6. The van der Waals surface area contributed by atoms with Crippen LogP contribution in [0.2, 0.25) is 0 Å². The first-order valence-corrected chi connectivity index (χ1v) is 8.84. The Hall–Kier alpha value is -2.01. The Morgan fingerprint density at radius 1 is 0.955 bits per heavy atom. The lowest BCUT2D eigenvalue weighted by molar-refractivity contribution is 0.600. The van der Waals surface area contributed by atoms with Gasteiger partial charge in [0.1, 0.15) is 0 Å². The molecule has 0 aliphatic carbocycles. The van der Waals surface area contributed by atoms with Crippen molar-refractivity contribution < 1.29 is 8.42 Å². The summed E-state index contributed by atoms with van der Waals surface area (Å²) >= 11 is 0. The van der Waals surface area contributed by atoms with Gasteiger partial charge in [-0.25, -0.2) is 8.42 Å². The zero-order valence-corrected chi connectivity index (χ0v) is 14.0. The van der Waals surface area contributed by atoms with E-state index in [9.17, 15) is 8.42 Å². The predicted molar refractivity (Wildman–Crippen MR) is 91.9 cm³/mol. The number of benzene rings is 2. The molecular formula is C17H22N2O2S. The maximum Gasteiger partial charge on any atom is 0.262 e. The van der Waals surface area contributed by atoms with Gasteiger partial charge in [-0.2, -0.15) is 0 Å². The first-order chi connectivity index (χ1) is 10.4. The van der Waals surface area contributed by atoms with Crippen molar-refractivity contribution in [1.82, 2.24) is 0 Å². The summed E-state index contributed by atoms with van der Waals surface area (Å²) in [6.07, 6.45) is 1.04. The van der Waals surface area contributed by atoms with Crippen LogP contribution < -0.4 is 10.0 Å². The third-order valence-corrected chi connectivity index (χ3v) is 4.88. The minimum atomic E-state index is -3.56. The Balaban J connectivity index is 2.18. The van der Waals surface area contributed by atoms with E-state index in [0.717, 1.165) is 29.8 Å². The van der Waals surface area contributed by atoms with E-state index in [0.29, 0.717) is 10.6 Å². The van der Waals surface area contributed by atoms with Crippen molar-refractivity contribution in [2.45, 2.75) is 32.1 Å². The number of hydrogen-bond acceptors (Lipinski definition) is 3. The normalized spacial score (nSPS) is 11.2. The molecule has 0 spiro atoms. The monoisotopic (exact) mass is 318 g/mol. The number of aryl methyl sites for hydroxylation is 2. The van der Waals surface area contributed by atoms with E-state index in [-0.39, 0.29) is 0 Å². The molecule has 4 nitrogen and oxygen atoms in total. The summed E-state index contributed by atoms with van der Waals surface area (Å²) in [6.45, 7) is 6.74. The second kappa shape index (κ2) is 6.83. The molecule has 0 aliphatic rings. The van der Waals surface area contributed by atoms with Crippen molar-refractivity contribution in [2.75, 3.05) is 16.6 Å². The van der Waals surface area contributed by atoms with Crippen LogP contribution in [-0.2, 0) is 10.0 Å². The van der Waals surface area contributed by atoms with Crippen LogP contribution in [0.15, 0.2) is 47.4 Å². The molecule has 2 aromatic rings. The Labute approximate surface area is 132 Å². The molecule has 0 heterocycles. The third kappa shape index (κ3) is 4.01. The van der Waals surface area contributed by atoms with Gasteiger partial charge in [-0.3, -0.25) is 4.72 Å². The second-order valence-electron chi connectivity index (χ2n) is 5.38. The molecule has 0 bridgehead atoms. The van der Waals surface area contributed by atoms with Gasteiger partial charge in [0.05, 0.1) is 4.90 Å². The molecule has 0 radical (unpaired) electrons. The second-order valence-corrected chi connectivity index (χ2v) is 7.03. The highest BCUT2D eigenvalue weighted by atomic mass is 32.2. The van der Waals surface area contributed by atoms with Crippen molar-refractivity contribution >= 4 is 21.4 Å². The maximum atomic E-state index is 12.5. The highest BCUT2D eigenvalue weighted by Crippen LogP contribution is 2.21. The van der Waals surface area contributed by atoms with Crippen LogP contribution in [0.5, 0.6) is 0 Å². The number of anilines is 2. The van der Waals surface area contributed by atoms with Gasteiger partial charge in [0.25, 0.3) is 10.0 Å². The predicted octanol–water partition coefficient (Wildman–Crippen LogP) is 3.93. The summed E-state index contributed by atoms with van der Waals surface area (Å²) in [7, 11) is -3.56. The highest BCUT2D eigenvalue weighted by Gasteiger charge is 2.16. The maximum absolute atomic E-state index is 12.5. The molecule has 5 heteroatoms. The molecule has 0 unspecified atom stereocenters. The van der Waals surface area contributed by atoms with Crippen molar-refractivity contribution in [2.24, 2.45) is 0 Å². The fraction of sp³-hybridized carbons (Fsp3) is 0.294. The van der Waals surface area contributed by atoms with Gasteiger partial charge in [0, 0.05) is 17.9 Å². The molecule has 0 fully saturated rings. The van der Waals surface area contributed by atoms with Gasteiger partial charge in [0.15, 0.2) is 0 Å². The van der Waals surface area contributed by atoms with E-state index < -0.39 is 10.0 Å². The molecule has 2 aromatic carbocycles. The molecule has 2 N–H and O–H groups in total. The molecule has 22 heavy (non-hydrogen) atoms. The largest absolute Gasteiger partial charge is 0.385 e. The molecule has 0 saturated carbocycles. The fourth-order valence-corrected chi connectivity index (χ4v) is 3.52. The average Bonchev–Trinajstić information content (AvgIpc) is 2.45. The molecule has 0 atom stereocenters. The summed E-state index contributed by atoms with van der Waals surface area (Å²) in [5.74, 6) is 0. The zero-order chi connectivity index (χ0) is 16.2. The Morgan fingerprint density at radius 3 is 2.18 bits per heavy atom.